The van der Waals surface area contributed by atoms with Gasteiger partial charge in [0.25, 0.3) is 0 Å². The molecule has 5 heteroatoms. The highest BCUT2D eigenvalue weighted by molar-refractivity contribution is 5.97. The monoisotopic (exact) mass is 235 g/mol. The quantitative estimate of drug-likeness (QED) is 0.788. The highest BCUT2D eigenvalue weighted by atomic mass is 16.4. The fraction of sp³-hybridized carbons (Fsp3) is 0.250. The van der Waals surface area contributed by atoms with Gasteiger partial charge in [-0.25, -0.2) is 9.59 Å². The van der Waals surface area contributed by atoms with Gasteiger partial charge in [-0.15, -0.1) is 0 Å². The Kier molecular flexibility index (Phi) is 3.62. The third-order valence-electron chi connectivity index (χ3n) is 2.20. The Hall–Kier alpha value is -2.17. The van der Waals surface area contributed by atoms with Gasteiger partial charge in [-0.1, -0.05) is 0 Å². The van der Waals surface area contributed by atoms with Crippen molar-refractivity contribution in [3.8, 4) is 0 Å². The molecular formula is C12H13NO4. The van der Waals surface area contributed by atoms with E-state index < -0.39 is 11.9 Å². The molecule has 2 N–H and O–H groups in total. The molecule has 0 aliphatic carbocycles. The van der Waals surface area contributed by atoms with Crippen LogP contribution in [0.15, 0.2) is 17.1 Å². The Balaban J connectivity index is 3.54. The van der Waals surface area contributed by atoms with Crippen molar-refractivity contribution in [2.75, 3.05) is 0 Å². The standard InChI is InChI=1S/C12H13NO4/c1-6(2)13-10-5-8(11(14)15)4-9(7(10)3)12(16)17/h4-5H,1-3H3,(H,14,15)(H,16,17). The first kappa shape index (κ1) is 12.9. The molecule has 0 atom stereocenters. The van der Waals surface area contributed by atoms with E-state index >= 15 is 0 Å². The number of hydrogen-bond acceptors (Lipinski definition) is 3. The molecule has 17 heavy (non-hydrogen) atoms. The van der Waals surface area contributed by atoms with Crippen LogP contribution in [0.2, 0.25) is 0 Å². The molecule has 5 nitrogen and oxygen atoms in total. The molecule has 90 valence electrons. The zero-order chi connectivity index (χ0) is 13.2. The number of aromatic carboxylic acids is 2. The molecule has 0 aromatic heterocycles. The summed E-state index contributed by atoms with van der Waals surface area (Å²) >= 11 is 0. The minimum Gasteiger partial charge on any atom is -0.478 e. The van der Waals surface area contributed by atoms with Gasteiger partial charge in [0.2, 0.25) is 0 Å². The van der Waals surface area contributed by atoms with E-state index in [0.29, 0.717) is 11.3 Å². The van der Waals surface area contributed by atoms with E-state index in [1.807, 2.05) is 0 Å². The van der Waals surface area contributed by atoms with E-state index in [0.717, 1.165) is 11.8 Å². The number of aliphatic imine (C=N–C) groups is 1. The van der Waals surface area contributed by atoms with Crippen molar-refractivity contribution < 1.29 is 19.8 Å². The smallest absolute Gasteiger partial charge is 0.336 e. The summed E-state index contributed by atoms with van der Waals surface area (Å²) in [5.41, 5.74) is 1.45. The SMILES string of the molecule is CC(C)=Nc1cc(C(=O)O)cc(C(=O)O)c1C. The minimum absolute atomic E-state index is 0.0371. The van der Waals surface area contributed by atoms with Crippen LogP contribution in [0.5, 0.6) is 0 Å². The molecule has 0 heterocycles. The zero-order valence-electron chi connectivity index (χ0n) is 9.81. The summed E-state index contributed by atoms with van der Waals surface area (Å²) in [7, 11) is 0. The van der Waals surface area contributed by atoms with E-state index in [1.54, 1.807) is 20.8 Å². The van der Waals surface area contributed by atoms with E-state index in [1.165, 1.54) is 6.07 Å². The van der Waals surface area contributed by atoms with Gasteiger partial charge in [0.15, 0.2) is 0 Å². The minimum atomic E-state index is -1.17. The van der Waals surface area contributed by atoms with Crippen molar-refractivity contribution in [2.24, 2.45) is 4.99 Å². The number of hydrogen-bond donors (Lipinski definition) is 2. The van der Waals surface area contributed by atoms with Crippen LogP contribution < -0.4 is 0 Å². The lowest BCUT2D eigenvalue weighted by atomic mass is 10.0. The Morgan fingerprint density at radius 2 is 1.71 bits per heavy atom. The van der Waals surface area contributed by atoms with Crippen molar-refractivity contribution in [3.05, 3.63) is 28.8 Å². The number of carbonyl (C=O) groups is 2. The average Bonchev–Trinajstić information content (AvgIpc) is 2.19. The molecule has 0 aliphatic heterocycles. The fourth-order valence-corrected chi connectivity index (χ4v) is 1.40. The maximum absolute atomic E-state index is 11.0. The van der Waals surface area contributed by atoms with Crippen molar-refractivity contribution >= 4 is 23.3 Å². The van der Waals surface area contributed by atoms with Crippen molar-refractivity contribution in [2.45, 2.75) is 20.8 Å². The van der Waals surface area contributed by atoms with Gasteiger partial charge in [-0.2, -0.15) is 0 Å². The molecule has 0 saturated heterocycles. The van der Waals surface area contributed by atoms with Gasteiger partial charge in [0, 0.05) is 5.71 Å². The van der Waals surface area contributed by atoms with Crippen LogP contribution in [0.1, 0.15) is 40.1 Å². The first-order chi connectivity index (χ1) is 7.82. The summed E-state index contributed by atoms with van der Waals surface area (Å²) in [5.74, 6) is -2.33. The van der Waals surface area contributed by atoms with Gasteiger partial charge >= 0.3 is 11.9 Å². The summed E-state index contributed by atoms with van der Waals surface area (Å²) in [6, 6.07) is 2.51. The molecule has 0 unspecified atom stereocenters. The van der Waals surface area contributed by atoms with E-state index in [2.05, 4.69) is 4.99 Å². The second-order valence-corrected chi connectivity index (χ2v) is 3.84. The van der Waals surface area contributed by atoms with Gasteiger partial charge in [0.1, 0.15) is 0 Å². The fourth-order valence-electron chi connectivity index (χ4n) is 1.40. The first-order valence-electron chi connectivity index (χ1n) is 4.96. The molecule has 0 fully saturated rings. The van der Waals surface area contributed by atoms with Gasteiger partial charge < -0.3 is 10.2 Å². The predicted octanol–water partition coefficient (Wildman–Crippen LogP) is 2.50. The number of carboxylic acids is 2. The summed E-state index contributed by atoms with van der Waals surface area (Å²) in [5, 5.41) is 17.9. The summed E-state index contributed by atoms with van der Waals surface area (Å²) in [6.45, 7) is 5.12. The van der Waals surface area contributed by atoms with Crippen LogP contribution in [0, 0.1) is 6.92 Å². The van der Waals surface area contributed by atoms with Crippen LogP contribution in [0.4, 0.5) is 5.69 Å². The summed E-state index contributed by atoms with van der Waals surface area (Å²) in [6.07, 6.45) is 0. The second kappa shape index (κ2) is 4.78. The lowest BCUT2D eigenvalue weighted by Crippen LogP contribution is -2.05. The number of benzene rings is 1. The van der Waals surface area contributed by atoms with Crippen LogP contribution >= 0.6 is 0 Å². The topological polar surface area (TPSA) is 87.0 Å². The van der Waals surface area contributed by atoms with E-state index in [9.17, 15) is 9.59 Å². The molecule has 0 saturated carbocycles. The Bertz CT molecular complexity index is 513. The highest BCUT2D eigenvalue weighted by Gasteiger charge is 2.15. The van der Waals surface area contributed by atoms with Gasteiger partial charge in [-0.05, 0) is 38.5 Å². The third-order valence-corrected chi connectivity index (χ3v) is 2.20. The third kappa shape index (κ3) is 2.90. The van der Waals surface area contributed by atoms with E-state index in [4.69, 9.17) is 10.2 Å². The number of nitrogens with zero attached hydrogens (tertiary/aromatic N) is 1. The largest absolute Gasteiger partial charge is 0.478 e. The Morgan fingerprint density at radius 3 is 2.12 bits per heavy atom. The maximum Gasteiger partial charge on any atom is 0.336 e. The zero-order valence-corrected chi connectivity index (χ0v) is 9.81. The van der Waals surface area contributed by atoms with Crippen LogP contribution in [-0.4, -0.2) is 27.9 Å². The normalized spacial score (nSPS) is 9.82. The van der Waals surface area contributed by atoms with Crippen molar-refractivity contribution in [1.29, 1.82) is 0 Å². The highest BCUT2D eigenvalue weighted by Crippen LogP contribution is 2.25. The predicted molar refractivity (Wildman–Crippen MR) is 63.5 cm³/mol. The average molecular weight is 235 g/mol. The molecule has 0 bridgehead atoms. The maximum atomic E-state index is 11.0. The van der Waals surface area contributed by atoms with Crippen molar-refractivity contribution in [1.82, 2.24) is 0 Å². The van der Waals surface area contributed by atoms with Crippen LogP contribution in [-0.2, 0) is 0 Å². The van der Waals surface area contributed by atoms with Crippen LogP contribution in [0.3, 0.4) is 0 Å². The molecule has 0 radical (unpaired) electrons. The molecule has 0 aliphatic rings. The molecule has 1 aromatic rings. The molecular weight excluding hydrogens is 222 g/mol. The lowest BCUT2D eigenvalue weighted by Gasteiger charge is -2.07. The molecule has 0 amide bonds. The summed E-state index contributed by atoms with van der Waals surface area (Å²) < 4.78 is 0. The molecule has 1 rings (SSSR count). The van der Waals surface area contributed by atoms with E-state index in [-0.39, 0.29) is 11.1 Å². The number of carboxylic acid groups (broad SMARTS) is 2. The Morgan fingerprint density at radius 1 is 1.12 bits per heavy atom. The summed E-state index contributed by atoms with van der Waals surface area (Å²) in [4.78, 5) is 26.0. The number of rotatable bonds is 3. The second-order valence-electron chi connectivity index (χ2n) is 3.84. The van der Waals surface area contributed by atoms with Gasteiger partial charge in [0.05, 0.1) is 16.8 Å². The Labute approximate surface area is 98.4 Å². The first-order valence-corrected chi connectivity index (χ1v) is 4.96. The van der Waals surface area contributed by atoms with Crippen molar-refractivity contribution in [3.63, 3.8) is 0 Å². The molecule has 0 spiro atoms. The van der Waals surface area contributed by atoms with Crippen LogP contribution in [0.25, 0.3) is 0 Å². The molecule has 1 aromatic carbocycles. The lowest BCUT2D eigenvalue weighted by molar-refractivity contribution is 0.0695. The van der Waals surface area contributed by atoms with Gasteiger partial charge in [-0.3, -0.25) is 4.99 Å².